The fraction of sp³-hybridized carbons (Fsp3) is 0.111. The van der Waals surface area contributed by atoms with Crippen LogP contribution in [0.15, 0.2) is 54.6 Å². The number of anilines is 2. The van der Waals surface area contributed by atoms with Crippen molar-refractivity contribution in [3.63, 3.8) is 0 Å². The number of fused-ring (bicyclic) bond motifs is 1. The highest BCUT2D eigenvalue weighted by molar-refractivity contribution is 5.93. The second-order valence-electron chi connectivity index (χ2n) is 5.23. The van der Waals surface area contributed by atoms with Crippen molar-refractivity contribution in [3.8, 4) is 0 Å². The number of rotatable bonds is 4. The van der Waals surface area contributed by atoms with Crippen LogP contribution in [0.3, 0.4) is 0 Å². The Labute approximate surface area is 128 Å². The summed E-state index contributed by atoms with van der Waals surface area (Å²) in [6, 6.07) is 17.5. The summed E-state index contributed by atoms with van der Waals surface area (Å²) in [6.07, 6.45) is 0.0336. The molecule has 0 fully saturated rings. The quantitative estimate of drug-likeness (QED) is 0.765. The Bertz CT molecular complexity index is 826. The minimum absolute atomic E-state index is 0.0336. The van der Waals surface area contributed by atoms with E-state index in [4.69, 9.17) is 5.11 Å². The van der Waals surface area contributed by atoms with Gasteiger partial charge in [-0.15, -0.1) is 0 Å². The molecule has 0 unspecified atom stereocenters. The lowest BCUT2D eigenvalue weighted by Gasteiger charge is -2.10. The van der Waals surface area contributed by atoms with Gasteiger partial charge in [-0.2, -0.15) is 0 Å². The molecule has 0 aliphatic rings. The van der Waals surface area contributed by atoms with Crippen molar-refractivity contribution in [2.75, 3.05) is 5.32 Å². The zero-order valence-corrected chi connectivity index (χ0v) is 12.2. The van der Waals surface area contributed by atoms with Crippen LogP contribution in [0.25, 0.3) is 10.8 Å². The Morgan fingerprint density at radius 1 is 1.14 bits per heavy atom. The molecular weight excluding hydrogens is 276 g/mol. The molecule has 0 spiro atoms. The standard InChI is InChI=1S/C18H16N2O2/c1-12-10-14-4-2-3-5-16(14)18(19-12)20-15-8-6-13(7-9-15)11-17(21)22/h2-10H,11H2,1H3,(H,19,20)(H,21,22). The number of nitrogens with zero attached hydrogens (tertiary/aromatic N) is 1. The Hall–Kier alpha value is -2.88. The van der Waals surface area contributed by atoms with Gasteiger partial charge in [-0.3, -0.25) is 4.79 Å². The number of aliphatic carboxylic acids is 1. The van der Waals surface area contributed by atoms with E-state index in [2.05, 4.69) is 22.4 Å². The lowest BCUT2D eigenvalue weighted by molar-refractivity contribution is -0.136. The van der Waals surface area contributed by atoms with Gasteiger partial charge in [0.15, 0.2) is 0 Å². The first-order chi connectivity index (χ1) is 10.6. The van der Waals surface area contributed by atoms with E-state index in [1.165, 1.54) is 0 Å². The molecule has 2 N–H and O–H groups in total. The fourth-order valence-electron chi connectivity index (χ4n) is 2.44. The summed E-state index contributed by atoms with van der Waals surface area (Å²) >= 11 is 0. The van der Waals surface area contributed by atoms with E-state index in [0.717, 1.165) is 33.5 Å². The Balaban J connectivity index is 1.91. The summed E-state index contributed by atoms with van der Waals surface area (Å²) in [5.41, 5.74) is 2.61. The molecule has 22 heavy (non-hydrogen) atoms. The van der Waals surface area contributed by atoms with Gasteiger partial charge in [0.2, 0.25) is 0 Å². The molecule has 1 aromatic heterocycles. The Morgan fingerprint density at radius 2 is 1.86 bits per heavy atom. The highest BCUT2D eigenvalue weighted by atomic mass is 16.4. The fourth-order valence-corrected chi connectivity index (χ4v) is 2.44. The van der Waals surface area contributed by atoms with Gasteiger partial charge in [0.25, 0.3) is 0 Å². The number of aromatic nitrogens is 1. The zero-order valence-electron chi connectivity index (χ0n) is 12.2. The lowest BCUT2D eigenvalue weighted by atomic mass is 10.1. The molecule has 0 saturated heterocycles. The molecule has 0 bridgehead atoms. The maximum atomic E-state index is 10.7. The van der Waals surface area contributed by atoms with Crippen molar-refractivity contribution in [3.05, 3.63) is 65.9 Å². The van der Waals surface area contributed by atoms with E-state index in [1.54, 1.807) is 0 Å². The number of nitrogens with one attached hydrogen (secondary N) is 1. The third kappa shape index (κ3) is 3.06. The molecule has 0 amide bonds. The maximum absolute atomic E-state index is 10.7. The van der Waals surface area contributed by atoms with E-state index in [1.807, 2.05) is 49.4 Å². The van der Waals surface area contributed by atoms with Crippen molar-refractivity contribution in [1.29, 1.82) is 0 Å². The van der Waals surface area contributed by atoms with E-state index in [-0.39, 0.29) is 6.42 Å². The number of benzene rings is 2. The summed E-state index contributed by atoms with van der Waals surface area (Å²) < 4.78 is 0. The summed E-state index contributed by atoms with van der Waals surface area (Å²) in [7, 11) is 0. The average molecular weight is 292 g/mol. The van der Waals surface area contributed by atoms with Crippen LogP contribution in [0, 0.1) is 6.92 Å². The van der Waals surface area contributed by atoms with E-state index >= 15 is 0 Å². The number of carboxylic acids is 1. The number of pyridine rings is 1. The second kappa shape index (κ2) is 5.85. The van der Waals surface area contributed by atoms with Crippen molar-refractivity contribution >= 4 is 28.2 Å². The summed E-state index contributed by atoms with van der Waals surface area (Å²) in [5, 5.41) is 14.3. The predicted molar refractivity (Wildman–Crippen MR) is 87.5 cm³/mol. The molecule has 0 aliphatic carbocycles. The molecule has 0 saturated carbocycles. The van der Waals surface area contributed by atoms with Gasteiger partial charge in [0, 0.05) is 16.8 Å². The maximum Gasteiger partial charge on any atom is 0.307 e. The zero-order chi connectivity index (χ0) is 15.5. The molecule has 4 nitrogen and oxygen atoms in total. The molecular formula is C18H16N2O2. The van der Waals surface area contributed by atoms with Crippen LogP contribution in [0.4, 0.5) is 11.5 Å². The molecule has 0 aliphatic heterocycles. The lowest BCUT2D eigenvalue weighted by Crippen LogP contribution is -2.00. The molecule has 3 aromatic rings. The molecule has 110 valence electrons. The largest absolute Gasteiger partial charge is 0.481 e. The van der Waals surface area contributed by atoms with Crippen LogP contribution >= 0.6 is 0 Å². The number of carbonyl (C=O) groups is 1. The smallest absolute Gasteiger partial charge is 0.307 e. The number of hydrogen-bond acceptors (Lipinski definition) is 3. The summed E-state index contributed by atoms with van der Waals surface area (Å²) in [6.45, 7) is 1.97. The van der Waals surface area contributed by atoms with Gasteiger partial charge in [-0.1, -0.05) is 36.4 Å². The normalized spacial score (nSPS) is 10.6. The molecule has 3 rings (SSSR count). The summed E-state index contributed by atoms with van der Waals surface area (Å²) in [4.78, 5) is 15.3. The molecule has 1 heterocycles. The second-order valence-corrected chi connectivity index (χ2v) is 5.23. The van der Waals surface area contributed by atoms with Gasteiger partial charge in [-0.25, -0.2) is 4.98 Å². The van der Waals surface area contributed by atoms with Crippen LogP contribution in [-0.4, -0.2) is 16.1 Å². The van der Waals surface area contributed by atoms with Crippen LogP contribution in [-0.2, 0) is 11.2 Å². The number of hydrogen-bond donors (Lipinski definition) is 2. The minimum Gasteiger partial charge on any atom is -0.481 e. The van der Waals surface area contributed by atoms with Gasteiger partial charge in [-0.05, 0) is 36.1 Å². The highest BCUT2D eigenvalue weighted by Crippen LogP contribution is 2.25. The average Bonchev–Trinajstić information content (AvgIpc) is 2.48. The highest BCUT2D eigenvalue weighted by Gasteiger charge is 2.05. The third-order valence-electron chi connectivity index (χ3n) is 3.44. The van der Waals surface area contributed by atoms with Gasteiger partial charge in [0.1, 0.15) is 5.82 Å². The molecule has 4 heteroatoms. The number of aryl methyl sites for hydroxylation is 1. The van der Waals surface area contributed by atoms with Crippen molar-refractivity contribution in [2.45, 2.75) is 13.3 Å². The molecule has 2 aromatic carbocycles. The topological polar surface area (TPSA) is 62.2 Å². The Kier molecular flexibility index (Phi) is 3.74. The van der Waals surface area contributed by atoms with Crippen molar-refractivity contribution in [1.82, 2.24) is 4.98 Å². The summed E-state index contributed by atoms with van der Waals surface area (Å²) in [5.74, 6) is -0.0198. The molecule has 0 atom stereocenters. The monoisotopic (exact) mass is 292 g/mol. The van der Waals surface area contributed by atoms with E-state index in [0.29, 0.717) is 0 Å². The van der Waals surface area contributed by atoms with Crippen LogP contribution in [0.2, 0.25) is 0 Å². The van der Waals surface area contributed by atoms with E-state index < -0.39 is 5.97 Å². The predicted octanol–water partition coefficient (Wildman–Crippen LogP) is 3.91. The van der Waals surface area contributed by atoms with Crippen LogP contribution in [0.5, 0.6) is 0 Å². The van der Waals surface area contributed by atoms with Crippen molar-refractivity contribution < 1.29 is 9.90 Å². The van der Waals surface area contributed by atoms with Crippen LogP contribution in [0.1, 0.15) is 11.3 Å². The van der Waals surface area contributed by atoms with Gasteiger partial charge < -0.3 is 10.4 Å². The van der Waals surface area contributed by atoms with Crippen LogP contribution < -0.4 is 5.32 Å². The Morgan fingerprint density at radius 3 is 2.59 bits per heavy atom. The number of carboxylic acid groups (broad SMARTS) is 1. The minimum atomic E-state index is -0.827. The first-order valence-corrected chi connectivity index (χ1v) is 7.06. The SMILES string of the molecule is Cc1cc2ccccc2c(Nc2ccc(CC(=O)O)cc2)n1. The van der Waals surface area contributed by atoms with Gasteiger partial charge >= 0.3 is 5.97 Å². The first-order valence-electron chi connectivity index (χ1n) is 7.06. The van der Waals surface area contributed by atoms with Gasteiger partial charge in [0.05, 0.1) is 6.42 Å². The van der Waals surface area contributed by atoms with E-state index in [9.17, 15) is 4.79 Å². The molecule has 0 radical (unpaired) electrons. The van der Waals surface area contributed by atoms with Crippen molar-refractivity contribution in [2.24, 2.45) is 0 Å². The third-order valence-corrected chi connectivity index (χ3v) is 3.44. The first kappa shape index (κ1) is 14.1.